The average molecular weight is 323 g/mol. The van der Waals surface area contributed by atoms with Gasteiger partial charge in [-0.3, -0.25) is 4.79 Å². The molecule has 23 heavy (non-hydrogen) atoms. The molecule has 0 saturated carbocycles. The highest BCUT2D eigenvalue weighted by molar-refractivity contribution is 5.91. The van der Waals surface area contributed by atoms with E-state index in [0.717, 1.165) is 12.1 Å². The highest BCUT2D eigenvalue weighted by atomic mass is 19.1. The van der Waals surface area contributed by atoms with Crippen LogP contribution in [-0.2, 0) is 16.1 Å². The number of halogens is 3. The van der Waals surface area contributed by atoms with E-state index in [0.29, 0.717) is 11.6 Å². The van der Waals surface area contributed by atoms with E-state index in [9.17, 15) is 22.8 Å². The summed E-state index contributed by atoms with van der Waals surface area (Å²) in [4.78, 5) is 23.1. The maximum Gasteiger partial charge on any atom is 0.341 e. The van der Waals surface area contributed by atoms with E-state index in [1.807, 2.05) is 0 Å². The summed E-state index contributed by atoms with van der Waals surface area (Å²) in [5.74, 6) is -3.96. The standard InChI is InChI=1S/C16H12F3NO3/c17-11-3-1-10(2-4-11)8-20-15(21)9-23-16(22)13-6-5-12(18)7-14(13)19/h1-7H,8-9H2,(H,20,21). The van der Waals surface area contributed by atoms with E-state index in [-0.39, 0.29) is 6.54 Å². The van der Waals surface area contributed by atoms with Crippen molar-refractivity contribution in [1.82, 2.24) is 5.32 Å². The minimum absolute atomic E-state index is 0.127. The van der Waals surface area contributed by atoms with Crippen LogP contribution in [0.4, 0.5) is 13.2 Å². The van der Waals surface area contributed by atoms with Gasteiger partial charge in [0.1, 0.15) is 17.5 Å². The Hall–Kier alpha value is -2.83. The highest BCUT2D eigenvalue weighted by Crippen LogP contribution is 2.10. The lowest BCUT2D eigenvalue weighted by molar-refractivity contribution is -0.124. The molecule has 0 aromatic heterocycles. The first-order chi connectivity index (χ1) is 11.0. The van der Waals surface area contributed by atoms with Gasteiger partial charge in [-0.15, -0.1) is 0 Å². The first-order valence-electron chi connectivity index (χ1n) is 6.59. The SMILES string of the molecule is O=C(COC(=O)c1ccc(F)cc1F)NCc1ccc(F)cc1. The molecule has 0 atom stereocenters. The Balaban J connectivity index is 1.81. The van der Waals surface area contributed by atoms with Crippen molar-refractivity contribution in [1.29, 1.82) is 0 Å². The first kappa shape index (κ1) is 16.5. The number of esters is 1. The van der Waals surface area contributed by atoms with E-state index in [1.165, 1.54) is 24.3 Å². The lowest BCUT2D eigenvalue weighted by Crippen LogP contribution is -2.28. The number of hydrogen-bond donors (Lipinski definition) is 1. The van der Waals surface area contributed by atoms with Gasteiger partial charge in [0.2, 0.25) is 0 Å². The normalized spacial score (nSPS) is 10.2. The van der Waals surface area contributed by atoms with E-state index >= 15 is 0 Å². The Bertz CT molecular complexity index is 717. The van der Waals surface area contributed by atoms with Crippen molar-refractivity contribution in [2.45, 2.75) is 6.54 Å². The van der Waals surface area contributed by atoms with Gasteiger partial charge in [0.05, 0.1) is 5.56 Å². The molecule has 0 spiro atoms. The van der Waals surface area contributed by atoms with Gasteiger partial charge in [-0.1, -0.05) is 12.1 Å². The lowest BCUT2D eigenvalue weighted by atomic mass is 10.2. The third-order valence-electron chi connectivity index (χ3n) is 2.89. The quantitative estimate of drug-likeness (QED) is 0.861. The van der Waals surface area contributed by atoms with Gasteiger partial charge in [0.25, 0.3) is 5.91 Å². The Morgan fingerprint density at radius 2 is 1.61 bits per heavy atom. The molecule has 0 unspecified atom stereocenters. The summed E-state index contributed by atoms with van der Waals surface area (Å²) in [6, 6.07) is 7.88. The fourth-order valence-electron chi connectivity index (χ4n) is 1.72. The van der Waals surface area contributed by atoms with Crippen LogP contribution in [-0.4, -0.2) is 18.5 Å². The zero-order chi connectivity index (χ0) is 16.8. The van der Waals surface area contributed by atoms with Crippen LogP contribution >= 0.6 is 0 Å². The van der Waals surface area contributed by atoms with Gasteiger partial charge in [-0.2, -0.15) is 0 Å². The smallest absolute Gasteiger partial charge is 0.341 e. The van der Waals surface area contributed by atoms with Crippen LogP contribution in [0.2, 0.25) is 0 Å². The Labute approximate surface area is 129 Å². The number of benzene rings is 2. The minimum Gasteiger partial charge on any atom is -0.452 e. The van der Waals surface area contributed by atoms with Crippen LogP contribution in [0, 0.1) is 17.5 Å². The van der Waals surface area contributed by atoms with Gasteiger partial charge < -0.3 is 10.1 Å². The number of nitrogens with one attached hydrogen (secondary N) is 1. The molecule has 120 valence electrons. The van der Waals surface area contributed by atoms with Gasteiger partial charge in [-0.05, 0) is 29.8 Å². The predicted molar refractivity (Wildman–Crippen MR) is 74.9 cm³/mol. The van der Waals surface area contributed by atoms with Crippen LogP contribution in [0.25, 0.3) is 0 Å². The summed E-state index contributed by atoms with van der Waals surface area (Å²) in [7, 11) is 0. The van der Waals surface area contributed by atoms with Crippen molar-refractivity contribution in [3.05, 3.63) is 71.0 Å². The second-order valence-electron chi connectivity index (χ2n) is 4.60. The van der Waals surface area contributed by atoms with Crippen LogP contribution in [0.5, 0.6) is 0 Å². The molecule has 0 bridgehead atoms. The number of amides is 1. The molecule has 0 fully saturated rings. The molecule has 2 aromatic carbocycles. The molecule has 7 heteroatoms. The van der Waals surface area contributed by atoms with E-state index in [1.54, 1.807) is 0 Å². The highest BCUT2D eigenvalue weighted by Gasteiger charge is 2.15. The monoisotopic (exact) mass is 323 g/mol. The van der Waals surface area contributed by atoms with Crippen molar-refractivity contribution in [2.24, 2.45) is 0 Å². The molecule has 0 heterocycles. The summed E-state index contributed by atoms with van der Waals surface area (Å²) in [5, 5.41) is 2.46. The molecule has 0 aliphatic rings. The van der Waals surface area contributed by atoms with Crippen LogP contribution in [0.3, 0.4) is 0 Å². The fourth-order valence-corrected chi connectivity index (χ4v) is 1.72. The minimum atomic E-state index is -1.07. The van der Waals surface area contributed by atoms with E-state index < -0.39 is 41.5 Å². The summed E-state index contributed by atoms with van der Waals surface area (Å²) < 4.78 is 43.4. The predicted octanol–water partition coefficient (Wildman–Crippen LogP) is 2.58. The molecule has 1 N–H and O–H groups in total. The van der Waals surface area contributed by atoms with Crippen LogP contribution in [0.1, 0.15) is 15.9 Å². The van der Waals surface area contributed by atoms with Crippen molar-refractivity contribution in [3.63, 3.8) is 0 Å². The third-order valence-corrected chi connectivity index (χ3v) is 2.89. The molecule has 2 aromatic rings. The first-order valence-corrected chi connectivity index (χ1v) is 6.59. The summed E-state index contributed by atoms with van der Waals surface area (Å²) in [5.41, 5.74) is 0.202. The molecule has 0 aliphatic heterocycles. The van der Waals surface area contributed by atoms with Crippen molar-refractivity contribution in [2.75, 3.05) is 6.61 Å². The van der Waals surface area contributed by atoms with Crippen LogP contribution < -0.4 is 5.32 Å². The Morgan fingerprint density at radius 3 is 2.26 bits per heavy atom. The average Bonchev–Trinajstić information content (AvgIpc) is 2.52. The number of carbonyl (C=O) groups excluding carboxylic acids is 2. The molecule has 0 aliphatic carbocycles. The second-order valence-corrected chi connectivity index (χ2v) is 4.60. The lowest BCUT2D eigenvalue weighted by Gasteiger charge is -2.07. The topological polar surface area (TPSA) is 55.4 Å². The molecule has 1 amide bonds. The van der Waals surface area contributed by atoms with E-state index in [4.69, 9.17) is 0 Å². The molecule has 0 saturated heterocycles. The Morgan fingerprint density at radius 1 is 0.957 bits per heavy atom. The van der Waals surface area contributed by atoms with Gasteiger partial charge in [0.15, 0.2) is 6.61 Å². The maximum absolute atomic E-state index is 13.4. The van der Waals surface area contributed by atoms with E-state index in [2.05, 4.69) is 10.1 Å². The Kier molecular flexibility index (Phi) is 5.35. The zero-order valence-corrected chi connectivity index (χ0v) is 11.8. The van der Waals surface area contributed by atoms with Gasteiger partial charge in [-0.25, -0.2) is 18.0 Å². The van der Waals surface area contributed by atoms with Crippen molar-refractivity contribution >= 4 is 11.9 Å². The number of carbonyl (C=O) groups is 2. The number of hydrogen-bond acceptors (Lipinski definition) is 3. The number of ether oxygens (including phenoxy) is 1. The molecule has 4 nitrogen and oxygen atoms in total. The molecular formula is C16H12F3NO3. The maximum atomic E-state index is 13.4. The second kappa shape index (κ2) is 7.44. The van der Waals surface area contributed by atoms with Crippen molar-refractivity contribution in [3.8, 4) is 0 Å². The zero-order valence-electron chi connectivity index (χ0n) is 11.8. The summed E-state index contributed by atoms with van der Waals surface area (Å²) in [6.45, 7) is -0.488. The molecule has 2 rings (SSSR count). The van der Waals surface area contributed by atoms with Gasteiger partial charge in [0, 0.05) is 12.6 Å². The summed E-state index contributed by atoms with van der Waals surface area (Å²) >= 11 is 0. The van der Waals surface area contributed by atoms with Crippen LogP contribution in [0.15, 0.2) is 42.5 Å². The number of rotatable bonds is 5. The molecular weight excluding hydrogens is 311 g/mol. The summed E-state index contributed by atoms with van der Waals surface area (Å²) in [6.07, 6.45) is 0. The largest absolute Gasteiger partial charge is 0.452 e. The van der Waals surface area contributed by atoms with Gasteiger partial charge >= 0.3 is 5.97 Å². The van der Waals surface area contributed by atoms with Crippen molar-refractivity contribution < 1.29 is 27.5 Å². The fraction of sp³-hybridized carbons (Fsp3) is 0.125. The molecule has 0 radical (unpaired) electrons. The third kappa shape index (κ3) is 4.84.